The Hall–Kier alpha value is -2.37. The van der Waals surface area contributed by atoms with Crippen LogP contribution < -0.4 is 11.1 Å². The minimum Gasteiger partial charge on any atom is -0.464 e. The van der Waals surface area contributed by atoms with Crippen LogP contribution in [0.4, 0.5) is 11.8 Å². The largest absolute Gasteiger partial charge is 0.464 e. The summed E-state index contributed by atoms with van der Waals surface area (Å²) >= 11 is 0. The molecule has 0 radical (unpaired) electrons. The van der Waals surface area contributed by atoms with E-state index in [2.05, 4.69) is 15.3 Å². The van der Waals surface area contributed by atoms with E-state index < -0.39 is 6.04 Å². The fourth-order valence-electron chi connectivity index (χ4n) is 1.74. The van der Waals surface area contributed by atoms with Crippen LogP contribution in [-0.4, -0.2) is 28.6 Å². The second-order valence-corrected chi connectivity index (χ2v) is 4.07. The third-order valence-corrected chi connectivity index (χ3v) is 2.61. The van der Waals surface area contributed by atoms with Crippen molar-refractivity contribution in [1.29, 1.82) is 0 Å². The topological polar surface area (TPSA) is 90.1 Å². The van der Waals surface area contributed by atoms with E-state index in [4.69, 9.17) is 10.5 Å². The zero-order chi connectivity index (χ0) is 13.8. The number of nitrogen functional groups attached to an aromatic ring is 1. The number of rotatable bonds is 4. The lowest BCUT2D eigenvalue weighted by atomic mass is 10.2. The summed E-state index contributed by atoms with van der Waals surface area (Å²) in [4.78, 5) is 19.9. The number of esters is 1. The number of anilines is 2. The van der Waals surface area contributed by atoms with Gasteiger partial charge in [0.05, 0.1) is 12.1 Å². The highest BCUT2D eigenvalue weighted by atomic mass is 16.5. The molecule has 6 nitrogen and oxygen atoms in total. The average molecular weight is 260 g/mol. The Morgan fingerprint density at radius 1 is 1.42 bits per heavy atom. The SMILES string of the molecule is CCOC(=O)C(C)Nc1nc(N)nc2ccccc12. The molecule has 1 unspecified atom stereocenters. The maximum atomic E-state index is 11.6. The van der Waals surface area contributed by atoms with E-state index in [1.807, 2.05) is 24.3 Å². The first kappa shape index (κ1) is 13.1. The molecule has 100 valence electrons. The number of para-hydroxylation sites is 1. The van der Waals surface area contributed by atoms with E-state index in [1.165, 1.54) is 0 Å². The zero-order valence-electron chi connectivity index (χ0n) is 10.9. The molecule has 0 aliphatic heterocycles. The molecule has 2 rings (SSSR count). The monoisotopic (exact) mass is 260 g/mol. The Morgan fingerprint density at radius 3 is 2.89 bits per heavy atom. The summed E-state index contributed by atoms with van der Waals surface area (Å²) in [5.41, 5.74) is 6.39. The summed E-state index contributed by atoms with van der Waals surface area (Å²) in [6.07, 6.45) is 0. The number of fused-ring (bicyclic) bond motifs is 1. The van der Waals surface area contributed by atoms with Crippen molar-refractivity contribution in [1.82, 2.24) is 9.97 Å². The van der Waals surface area contributed by atoms with Crippen molar-refractivity contribution in [2.75, 3.05) is 17.7 Å². The molecule has 2 aromatic rings. The summed E-state index contributed by atoms with van der Waals surface area (Å²) in [6, 6.07) is 6.95. The van der Waals surface area contributed by atoms with Gasteiger partial charge in [0.1, 0.15) is 11.9 Å². The second-order valence-electron chi connectivity index (χ2n) is 4.07. The Kier molecular flexibility index (Phi) is 3.79. The molecule has 0 saturated carbocycles. The van der Waals surface area contributed by atoms with Gasteiger partial charge >= 0.3 is 5.97 Å². The van der Waals surface area contributed by atoms with Gasteiger partial charge in [-0.05, 0) is 26.0 Å². The molecule has 1 aromatic heterocycles. The Labute approximate surface area is 111 Å². The van der Waals surface area contributed by atoms with E-state index in [-0.39, 0.29) is 11.9 Å². The predicted molar refractivity (Wildman–Crippen MR) is 73.7 cm³/mol. The molecule has 0 amide bonds. The van der Waals surface area contributed by atoms with Gasteiger partial charge in [-0.25, -0.2) is 9.78 Å². The molecule has 1 aromatic carbocycles. The molecule has 0 fully saturated rings. The smallest absolute Gasteiger partial charge is 0.328 e. The van der Waals surface area contributed by atoms with Gasteiger partial charge < -0.3 is 15.8 Å². The summed E-state index contributed by atoms with van der Waals surface area (Å²) in [6.45, 7) is 3.82. The van der Waals surface area contributed by atoms with Crippen LogP contribution in [0.3, 0.4) is 0 Å². The van der Waals surface area contributed by atoms with E-state index in [1.54, 1.807) is 13.8 Å². The number of hydrogen-bond donors (Lipinski definition) is 2. The molecule has 0 aliphatic carbocycles. The Balaban J connectivity index is 2.32. The fraction of sp³-hybridized carbons (Fsp3) is 0.308. The van der Waals surface area contributed by atoms with Gasteiger partial charge in [0, 0.05) is 5.39 Å². The van der Waals surface area contributed by atoms with Gasteiger partial charge in [-0.3, -0.25) is 0 Å². The first-order chi connectivity index (χ1) is 9.11. The maximum Gasteiger partial charge on any atom is 0.328 e. The van der Waals surface area contributed by atoms with Crippen molar-refractivity contribution in [3.8, 4) is 0 Å². The first-order valence-electron chi connectivity index (χ1n) is 6.07. The van der Waals surface area contributed by atoms with E-state index >= 15 is 0 Å². The molecule has 0 spiro atoms. The highest BCUT2D eigenvalue weighted by Gasteiger charge is 2.16. The lowest BCUT2D eigenvalue weighted by Gasteiger charge is -2.14. The van der Waals surface area contributed by atoms with Gasteiger partial charge in [-0.15, -0.1) is 0 Å². The molecule has 1 atom stereocenters. The fourth-order valence-corrected chi connectivity index (χ4v) is 1.74. The molecule has 1 heterocycles. The number of nitrogens with zero attached hydrogens (tertiary/aromatic N) is 2. The standard InChI is InChI=1S/C13H16N4O2/c1-3-19-12(18)8(2)15-11-9-6-4-5-7-10(9)16-13(14)17-11/h4-8H,3H2,1-2H3,(H3,14,15,16,17). The van der Waals surface area contributed by atoms with Gasteiger partial charge in [-0.1, -0.05) is 12.1 Å². The average Bonchev–Trinajstić information content (AvgIpc) is 2.38. The quantitative estimate of drug-likeness (QED) is 0.811. The summed E-state index contributed by atoms with van der Waals surface area (Å²) in [5, 5.41) is 3.82. The maximum absolute atomic E-state index is 11.6. The zero-order valence-corrected chi connectivity index (χ0v) is 10.9. The van der Waals surface area contributed by atoms with Crippen LogP contribution in [0, 0.1) is 0 Å². The Bertz CT molecular complexity index is 600. The number of carbonyl (C=O) groups excluding carboxylic acids is 1. The number of aromatic nitrogens is 2. The normalized spacial score (nSPS) is 12.1. The van der Waals surface area contributed by atoms with Gasteiger partial charge in [0.2, 0.25) is 5.95 Å². The lowest BCUT2D eigenvalue weighted by Crippen LogP contribution is -2.28. The van der Waals surface area contributed by atoms with Crippen molar-refractivity contribution in [3.63, 3.8) is 0 Å². The van der Waals surface area contributed by atoms with Crippen LogP contribution in [0.5, 0.6) is 0 Å². The van der Waals surface area contributed by atoms with E-state index in [9.17, 15) is 4.79 Å². The highest BCUT2D eigenvalue weighted by Crippen LogP contribution is 2.21. The summed E-state index contributed by atoms with van der Waals surface area (Å²) in [5.74, 6) is 0.365. The Morgan fingerprint density at radius 2 is 2.16 bits per heavy atom. The molecule has 0 aliphatic rings. The van der Waals surface area contributed by atoms with E-state index in [0.29, 0.717) is 12.4 Å². The molecular formula is C13H16N4O2. The molecule has 6 heteroatoms. The lowest BCUT2D eigenvalue weighted by molar-refractivity contribution is -0.143. The molecular weight excluding hydrogens is 244 g/mol. The third-order valence-electron chi connectivity index (χ3n) is 2.61. The molecule has 0 bridgehead atoms. The van der Waals surface area contributed by atoms with Crippen LogP contribution in [0.1, 0.15) is 13.8 Å². The van der Waals surface area contributed by atoms with Crippen LogP contribution in [0.15, 0.2) is 24.3 Å². The van der Waals surface area contributed by atoms with Gasteiger partial charge in [0.25, 0.3) is 0 Å². The highest BCUT2D eigenvalue weighted by molar-refractivity contribution is 5.91. The number of carbonyl (C=O) groups is 1. The number of nitrogens with one attached hydrogen (secondary N) is 1. The number of ether oxygens (including phenoxy) is 1. The van der Waals surface area contributed by atoms with Crippen LogP contribution >= 0.6 is 0 Å². The molecule has 19 heavy (non-hydrogen) atoms. The number of benzene rings is 1. The van der Waals surface area contributed by atoms with Crippen molar-refractivity contribution in [3.05, 3.63) is 24.3 Å². The van der Waals surface area contributed by atoms with Crippen LogP contribution in [0.2, 0.25) is 0 Å². The minimum atomic E-state index is -0.502. The van der Waals surface area contributed by atoms with Gasteiger partial charge in [0.15, 0.2) is 0 Å². The summed E-state index contributed by atoms with van der Waals surface area (Å²) < 4.78 is 4.94. The van der Waals surface area contributed by atoms with E-state index in [0.717, 1.165) is 10.9 Å². The van der Waals surface area contributed by atoms with Crippen molar-refractivity contribution < 1.29 is 9.53 Å². The van der Waals surface area contributed by atoms with Crippen LogP contribution in [0.25, 0.3) is 10.9 Å². The van der Waals surface area contributed by atoms with Crippen molar-refractivity contribution >= 4 is 28.6 Å². The van der Waals surface area contributed by atoms with Crippen molar-refractivity contribution in [2.45, 2.75) is 19.9 Å². The minimum absolute atomic E-state index is 0.164. The van der Waals surface area contributed by atoms with Gasteiger partial charge in [-0.2, -0.15) is 4.98 Å². The molecule has 0 saturated heterocycles. The summed E-state index contributed by atoms with van der Waals surface area (Å²) in [7, 11) is 0. The second kappa shape index (κ2) is 5.51. The molecule has 3 N–H and O–H groups in total. The number of hydrogen-bond acceptors (Lipinski definition) is 6. The van der Waals surface area contributed by atoms with Crippen LogP contribution in [-0.2, 0) is 9.53 Å². The first-order valence-corrected chi connectivity index (χ1v) is 6.07. The number of nitrogens with two attached hydrogens (primary N) is 1. The third kappa shape index (κ3) is 2.90. The predicted octanol–water partition coefficient (Wildman–Crippen LogP) is 1.58. The van der Waals surface area contributed by atoms with Crippen molar-refractivity contribution in [2.24, 2.45) is 0 Å².